The minimum Gasteiger partial charge on any atom is -0.486 e. The third-order valence-electron chi connectivity index (χ3n) is 7.71. The molecule has 4 heterocycles. The number of hydrogen-bond donors (Lipinski definition) is 0. The molecular formula is C40H32F3IrN3O-2. The van der Waals surface area contributed by atoms with E-state index in [1.165, 1.54) is 12.1 Å². The van der Waals surface area contributed by atoms with Gasteiger partial charge in [-0.3, -0.25) is 0 Å². The zero-order valence-corrected chi connectivity index (χ0v) is 28.7. The van der Waals surface area contributed by atoms with Gasteiger partial charge in [0.05, 0.1) is 11.1 Å². The van der Waals surface area contributed by atoms with Crippen LogP contribution in [-0.2, 0) is 38.1 Å². The second-order valence-corrected chi connectivity index (χ2v) is 12.1. The number of aryl methyl sites for hydroxylation is 1. The second kappa shape index (κ2) is 14.2. The molecule has 0 bridgehead atoms. The molecule has 1 radical (unpaired) electrons. The number of fused-ring (bicyclic) bond motifs is 3. The van der Waals surface area contributed by atoms with E-state index in [0.29, 0.717) is 21.9 Å². The van der Waals surface area contributed by atoms with Crippen LogP contribution in [0.5, 0.6) is 0 Å². The van der Waals surface area contributed by atoms with Crippen LogP contribution in [0.1, 0.15) is 52.8 Å². The first-order valence-corrected chi connectivity index (χ1v) is 15.0. The van der Waals surface area contributed by atoms with E-state index in [4.69, 9.17) is 8.53 Å². The maximum atomic E-state index is 13.9. The maximum absolute atomic E-state index is 13.9. The van der Waals surface area contributed by atoms with E-state index in [1.807, 2.05) is 66.7 Å². The van der Waals surface area contributed by atoms with Crippen molar-refractivity contribution < 1.29 is 41.8 Å². The Hall–Kier alpha value is -4.65. The van der Waals surface area contributed by atoms with Gasteiger partial charge in [0.1, 0.15) is 0 Å². The summed E-state index contributed by atoms with van der Waals surface area (Å²) in [5.41, 5.74) is 4.03. The average Bonchev–Trinajstić information content (AvgIpc) is 3.47. The van der Waals surface area contributed by atoms with E-state index in [9.17, 15) is 13.2 Å². The molecular weight excluding hydrogens is 788 g/mol. The topological polar surface area (TPSA) is 51.8 Å². The van der Waals surface area contributed by atoms with Crippen molar-refractivity contribution in [1.29, 1.82) is 0 Å². The Morgan fingerprint density at radius 1 is 0.812 bits per heavy atom. The molecule has 0 amide bonds. The molecule has 0 spiro atoms. The van der Waals surface area contributed by atoms with E-state index in [1.54, 1.807) is 24.4 Å². The van der Waals surface area contributed by atoms with Gasteiger partial charge in [0, 0.05) is 47.7 Å². The van der Waals surface area contributed by atoms with E-state index >= 15 is 0 Å². The third-order valence-corrected chi connectivity index (χ3v) is 7.71. The zero-order chi connectivity index (χ0) is 35.7. The molecule has 0 fully saturated rings. The van der Waals surface area contributed by atoms with Crippen molar-refractivity contribution >= 4 is 22.1 Å². The SMILES string of the molecule is [2H]C([2H])([2H])c1ccc2c(n1)oc1c(-c3cc(Cc4ccc(C(C)(C)C)cc4)c(C(F)(F)F)cn3)[c-]ccc12.[Ir].[c-]1ccccc1-c1ccccn1. The molecule has 4 nitrogen and oxygen atoms in total. The van der Waals surface area contributed by atoms with Gasteiger partial charge in [0.15, 0.2) is 0 Å². The van der Waals surface area contributed by atoms with Crippen LogP contribution in [0.3, 0.4) is 0 Å². The van der Waals surface area contributed by atoms with Crippen LogP contribution >= 0.6 is 0 Å². The predicted molar refractivity (Wildman–Crippen MR) is 180 cm³/mol. The molecule has 0 saturated carbocycles. The number of nitrogens with zero attached hydrogens (tertiary/aromatic N) is 3. The Morgan fingerprint density at radius 2 is 1.60 bits per heavy atom. The molecule has 0 aliphatic heterocycles. The van der Waals surface area contributed by atoms with Gasteiger partial charge in [0.2, 0.25) is 5.71 Å². The predicted octanol–water partition coefficient (Wildman–Crippen LogP) is 10.6. The van der Waals surface area contributed by atoms with Gasteiger partial charge < -0.3 is 14.4 Å². The number of hydrogen-bond acceptors (Lipinski definition) is 4. The quantitative estimate of drug-likeness (QED) is 0.166. The fraction of sp³-hybridized carbons (Fsp3) is 0.175. The Morgan fingerprint density at radius 3 is 2.27 bits per heavy atom. The van der Waals surface area contributed by atoms with Gasteiger partial charge in [-0.15, -0.1) is 54.1 Å². The Kier molecular flexibility index (Phi) is 9.09. The monoisotopic (exact) mass is 823 g/mol. The largest absolute Gasteiger partial charge is 0.486 e. The molecule has 0 atom stereocenters. The van der Waals surface area contributed by atoms with Gasteiger partial charge in [0.25, 0.3) is 0 Å². The van der Waals surface area contributed by atoms with Crippen molar-refractivity contribution in [1.82, 2.24) is 15.0 Å². The number of furan rings is 1. The van der Waals surface area contributed by atoms with E-state index in [-0.39, 0.29) is 54.6 Å². The van der Waals surface area contributed by atoms with E-state index in [2.05, 4.69) is 47.9 Å². The summed E-state index contributed by atoms with van der Waals surface area (Å²) >= 11 is 0. The number of pyridine rings is 3. The fourth-order valence-corrected chi connectivity index (χ4v) is 5.27. The average molecular weight is 823 g/mol. The second-order valence-electron chi connectivity index (χ2n) is 12.1. The number of alkyl halides is 3. The molecule has 48 heavy (non-hydrogen) atoms. The zero-order valence-electron chi connectivity index (χ0n) is 29.3. The van der Waals surface area contributed by atoms with Crippen molar-refractivity contribution in [3.63, 3.8) is 0 Å². The standard InChI is InChI=1S/C29H24F3N2O.C11H8N.Ir/c1-17-8-13-22-21-6-5-7-23(26(21)35-27(22)34-17)25-15-19(24(16-33-25)29(30,31)32)14-18-9-11-20(12-10-18)28(2,3)4;1-2-6-10(7-3-1)11-8-4-5-9-12-11;/h5-6,8-13,15-16H,14H2,1-4H3;1-6,8-9H;/q2*-1;/i1D3;;. The van der Waals surface area contributed by atoms with Crippen LogP contribution in [0.25, 0.3) is 44.6 Å². The van der Waals surface area contributed by atoms with Gasteiger partial charge >= 0.3 is 6.18 Å². The number of benzene rings is 3. The van der Waals surface area contributed by atoms with Gasteiger partial charge in [-0.1, -0.05) is 74.2 Å². The molecule has 0 saturated heterocycles. The minimum atomic E-state index is -4.57. The third kappa shape index (κ3) is 7.73. The smallest absolute Gasteiger partial charge is 0.418 e. The molecule has 0 aliphatic carbocycles. The van der Waals surface area contributed by atoms with Crippen molar-refractivity contribution in [2.45, 2.75) is 45.6 Å². The van der Waals surface area contributed by atoms with E-state index in [0.717, 1.165) is 28.6 Å². The van der Waals surface area contributed by atoms with Crippen molar-refractivity contribution in [2.24, 2.45) is 0 Å². The van der Waals surface area contributed by atoms with Crippen molar-refractivity contribution in [3.8, 4) is 22.5 Å². The molecule has 7 aromatic rings. The Bertz CT molecular complexity index is 2210. The summed E-state index contributed by atoms with van der Waals surface area (Å²) in [6, 6.07) is 35.2. The van der Waals surface area contributed by atoms with Crippen LogP contribution in [-0.4, -0.2) is 15.0 Å². The molecule has 4 aromatic heterocycles. The van der Waals surface area contributed by atoms with E-state index < -0.39 is 18.6 Å². The maximum Gasteiger partial charge on any atom is 0.418 e. The summed E-state index contributed by atoms with van der Waals surface area (Å²) in [5, 5.41) is 1.23. The van der Waals surface area contributed by atoms with Crippen LogP contribution in [0.15, 0.2) is 114 Å². The molecule has 3 aromatic carbocycles. The number of aromatic nitrogens is 3. The Labute approximate surface area is 295 Å². The van der Waals surface area contributed by atoms with Crippen LogP contribution in [0, 0.1) is 19.0 Å². The van der Waals surface area contributed by atoms with Gasteiger partial charge in [-0.25, -0.2) is 4.98 Å². The molecule has 0 aliphatic rings. The summed E-state index contributed by atoms with van der Waals surface area (Å²) in [6.07, 6.45) is -1.88. The fourth-order valence-electron chi connectivity index (χ4n) is 5.27. The van der Waals surface area contributed by atoms with Crippen molar-refractivity contribution in [2.75, 3.05) is 0 Å². The molecule has 245 valence electrons. The first kappa shape index (κ1) is 30.7. The van der Waals surface area contributed by atoms with Gasteiger partial charge in [-0.2, -0.15) is 13.2 Å². The molecule has 0 unspecified atom stereocenters. The first-order valence-electron chi connectivity index (χ1n) is 16.5. The summed E-state index contributed by atoms with van der Waals surface area (Å²) in [7, 11) is 0. The molecule has 8 heteroatoms. The minimum absolute atomic E-state index is 0. The summed E-state index contributed by atoms with van der Waals surface area (Å²) in [6.45, 7) is 3.83. The normalized spacial score (nSPS) is 12.8. The summed E-state index contributed by atoms with van der Waals surface area (Å²) in [5.74, 6) is 0. The Balaban J connectivity index is 0.000000327. The summed E-state index contributed by atoms with van der Waals surface area (Å²) in [4.78, 5) is 12.5. The molecule has 0 N–H and O–H groups in total. The van der Waals surface area contributed by atoms with Crippen molar-refractivity contribution in [3.05, 3.63) is 150 Å². The van der Waals surface area contributed by atoms with Crippen LogP contribution in [0.2, 0.25) is 0 Å². The molecule has 7 rings (SSSR count). The van der Waals surface area contributed by atoms with Gasteiger partial charge in [-0.05, 0) is 65.0 Å². The number of rotatable bonds is 4. The first-order chi connectivity index (χ1) is 23.7. The summed E-state index contributed by atoms with van der Waals surface area (Å²) < 4.78 is 70.5. The number of halogens is 3. The van der Waals surface area contributed by atoms with Crippen LogP contribution < -0.4 is 0 Å². The van der Waals surface area contributed by atoms with Crippen LogP contribution in [0.4, 0.5) is 13.2 Å².